The summed E-state index contributed by atoms with van der Waals surface area (Å²) in [4.78, 5) is 52.2. The predicted octanol–water partition coefficient (Wildman–Crippen LogP) is 7.02. The number of carbonyl (C=O) groups is 4. The van der Waals surface area contributed by atoms with Gasteiger partial charge in [0, 0.05) is 6.42 Å². The van der Waals surface area contributed by atoms with E-state index in [-0.39, 0.29) is 26.2 Å². The highest BCUT2D eigenvalue weighted by molar-refractivity contribution is 6.06. The van der Waals surface area contributed by atoms with Crippen LogP contribution in [-0.4, -0.2) is 54.2 Å². The van der Waals surface area contributed by atoms with Crippen molar-refractivity contribution in [3.63, 3.8) is 0 Å². The van der Waals surface area contributed by atoms with Gasteiger partial charge in [-0.2, -0.15) is 0 Å². The predicted molar refractivity (Wildman–Crippen MR) is 157 cm³/mol. The van der Waals surface area contributed by atoms with Gasteiger partial charge in [0.25, 0.3) is 0 Å². The molecule has 1 N–H and O–H groups in total. The van der Waals surface area contributed by atoms with Crippen molar-refractivity contribution in [2.75, 3.05) is 19.8 Å². The van der Waals surface area contributed by atoms with Gasteiger partial charge in [-0.3, -0.25) is 14.4 Å². The summed E-state index contributed by atoms with van der Waals surface area (Å²) in [5, 5.41) is 11.5. The summed E-state index contributed by atoms with van der Waals surface area (Å²) in [6, 6.07) is 0. The molecule has 8 nitrogen and oxygen atoms in total. The number of esters is 3. The molecule has 2 unspecified atom stereocenters. The second-order valence-corrected chi connectivity index (χ2v) is 10.9. The SMILES string of the molecule is CCCCCCCCCCCCCC(=O)C(C(=O)OCCCC)C(O)(CC(=O)OCCCC)C(=O)OCCCC. The molecule has 0 spiro atoms. The highest BCUT2D eigenvalue weighted by Crippen LogP contribution is 2.29. The van der Waals surface area contributed by atoms with Crippen LogP contribution in [0.25, 0.3) is 0 Å². The fourth-order valence-corrected chi connectivity index (χ4v) is 4.43. The minimum absolute atomic E-state index is 0.00000543. The van der Waals surface area contributed by atoms with Gasteiger partial charge in [-0.15, -0.1) is 0 Å². The lowest BCUT2D eigenvalue weighted by atomic mass is 9.80. The van der Waals surface area contributed by atoms with E-state index in [1.54, 1.807) is 0 Å². The monoisotopic (exact) mass is 570 g/mol. The van der Waals surface area contributed by atoms with Crippen LogP contribution in [0.4, 0.5) is 0 Å². The van der Waals surface area contributed by atoms with Crippen molar-refractivity contribution >= 4 is 23.7 Å². The molecule has 0 aliphatic rings. The number of ketones is 1. The van der Waals surface area contributed by atoms with E-state index in [0.29, 0.717) is 25.7 Å². The number of hydrogen-bond donors (Lipinski definition) is 1. The summed E-state index contributed by atoms with van der Waals surface area (Å²) < 4.78 is 15.7. The van der Waals surface area contributed by atoms with Gasteiger partial charge in [-0.05, 0) is 25.7 Å². The lowest BCUT2D eigenvalue weighted by Gasteiger charge is -2.31. The van der Waals surface area contributed by atoms with E-state index in [9.17, 15) is 24.3 Å². The molecule has 0 aromatic rings. The Hall–Kier alpha value is -1.96. The van der Waals surface area contributed by atoms with Crippen molar-refractivity contribution in [3.8, 4) is 0 Å². The summed E-state index contributed by atoms with van der Waals surface area (Å²) >= 11 is 0. The van der Waals surface area contributed by atoms with Crippen molar-refractivity contribution in [1.29, 1.82) is 0 Å². The van der Waals surface area contributed by atoms with Crippen molar-refractivity contribution in [2.45, 2.75) is 155 Å². The number of hydrogen-bond acceptors (Lipinski definition) is 8. The summed E-state index contributed by atoms with van der Waals surface area (Å²) in [5.41, 5.74) is -2.69. The van der Waals surface area contributed by atoms with Crippen LogP contribution in [0.5, 0.6) is 0 Å². The first-order valence-corrected chi connectivity index (χ1v) is 16.0. The maximum atomic E-state index is 13.4. The Bertz CT molecular complexity index is 692. The molecule has 234 valence electrons. The third-order valence-electron chi connectivity index (χ3n) is 7.06. The van der Waals surface area contributed by atoms with E-state index in [0.717, 1.165) is 44.9 Å². The van der Waals surface area contributed by atoms with E-state index >= 15 is 0 Å². The zero-order valence-electron chi connectivity index (χ0n) is 25.9. The Kier molecular flexibility index (Phi) is 23.6. The van der Waals surface area contributed by atoms with Gasteiger partial charge < -0.3 is 19.3 Å². The van der Waals surface area contributed by atoms with Crippen molar-refractivity contribution in [1.82, 2.24) is 0 Å². The third kappa shape index (κ3) is 17.0. The Morgan fingerprint density at radius 3 is 1.50 bits per heavy atom. The number of ether oxygens (including phenoxy) is 3. The Labute approximate surface area is 243 Å². The highest BCUT2D eigenvalue weighted by Gasteiger charge is 2.55. The van der Waals surface area contributed by atoms with Gasteiger partial charge in [0.05, 0.1) is 26.2 Å². The van der Waals surface area contributed by atoms with Gasteiger partial charge in [0.15, 0.2) is 17.3 Å². The summed E-state index contributed by atoms with van der Waals surface area (Å²) in [7, 11) is 0. The van der Waals surface area contributed by atoms with E-state index < -0.39 is 41.6 Å². The molecule has 0 radical (unpaired) electrons. The number of Topliss-reactive ketones (excluding diaryl/α,β-unsaturated/α-hetero) is 1. The number of rotatable bonds is 27. The first-order valence-electron chi connectivity index (χ1n) is 16.0. The fourth-order valence-electron chi connectivity index (χ4n) is 4.43. The second-order valence-electron chi connectivity index (χ2n) is 10.9. The standard InChI is InChI=1S/C32H58O8/c1-5-9-13-14-15-16-17-18-19-20-21-22-27(33)29(30(35)39-24-11-7-3)32(37,31(36)40-25-12-8-4)26-28(34)38-23-10-6-2/h29,37H,5-26H2,1-4H3. The van der Waals surface area contributed by atoms with Crippen LogP contribution in [0.15, 0.2) is 0 Å². The minimum Gasteiger partial charge on any atom is -0.466 e. The molecule has 2 atom stereocenters. The molecular formula is C32H58O8. The molecule has 0 rings (SSSR count). The molecule has 0 saturated carbocycles. The van der Waals surface area contributed by atoms with Gasteiger partial charge in [-0.25, -0.2) is 4.79 Å². The van der Waals surface area contributed by atoms with E-state index in [1.165, 1.54) is 38.5 Å². The van der Waals surface area contributed by atoms with Gasteiger partial charge >= 0.3 is 17.9 Å². The highest BCUT2D eigenvalue weighted by atomic mass is 16.6. The smallest absolute Gasteiger partial charge is 0.340 e. The van der Waals surface area contributed by atoms with Crippen LogP contribution in [0.3, 0.4) is 0 Å². The van der Waals surface area contributed by atoms with E-state index in [4.69, 9.17) is 14.2 Å². The van der Waals surface area contributed by atoms with Gasteiger partial charge in [-0.1, -0.05) is 111 Å². The minimum atomic E-state index is -2.69. The molecular weight excluding hydrogens is 512 g/mol. The molecule has 0 heterocycles. The van der Waals surface area contributed by atoms with E-state index in [1.807, 2.05) is 20.8 Å². The number of aliphatic hydroxyl groups is 1. The number of carbonyl (C=O) groups excluding carboxylic acids is 4. The average Bonchev–Trinajstić information content (AvgIpc) is 2.92. The van der Waals surface area contributed by atoms with Crippen LogP contribution < -0.4 is 0 Å². The fraction of sp³-hybridized carbons (Fsp3) is 0.875. The molecule has 0 amide bonds. The molecule has 0 aliphatic heterocycles. The van der Waals surface area contributed by atoms with Crippen LogP contribution in [0, 0.1) is 5.92 Å². The topological polar surface area (TPSA) is 116 Å². The van der Waals surface area contributed by atoms with Crippen LogP contribution in [0.2, 0.25) is 0 Å². The summed E-state index contributed by atoms with van der Waals surface area (Å²) in [6.07, 6.45) is 15.3. The Balaban J connectivity index is 5.36. The van der Waals surface area contributed by atoms with E-state index in [2.05, 4.69) is 6.92 Å². The summed E-state index contributed by atoms with van der Waals surface area (Å²) in [5.74, 6) is -5.50. The molecule has 8 heteroatoms. The zero-order valence-corrected chi connectivity index (χ0v) is 25.9. The quantitative estimate of drug-likeness (QED) is 0.0484. The summed E-state index contributed by atoms with van der Waals surface area (Å²) in [6.45, 7) is 8.17. The van der Waals surface area contributed by atoms with Crippen LogP contribution in [0.1, 0.15) is 150 Å². The lowest BCUT2D eigenvalue weighted by molar-refractivity contribution is -0.188. The van der Waals surface area contributed by atoms with Crippen molar-refractivity contribution in [2.24, 2.45) is 5.92 Å². The Morgan fingerprint density at radius 2 is 1.00 bits per heavy atom. The molecule has 0 saturated heterocycles. The molecule has 40 heavy (non-hydrogen) atoms. The first kappa shape index (κ1) is 38.0. The van der Waals surface area contributed by atoms with Crippen LogP contribution >= 0.6 is 0 Å². The largest absolute Gasteiger partial charge is 0.466 e. The number of unbranched alkanes of at least 4 members (excludes halogenated alkanes) is 13. The maximum absolute atomic E-state index is 13.4. The maximum Gasteiger partial charge on any atom is 0.340 e. The van der Waals surface area contributed by atoms with Gasteiger partial charge in [0.2, 0.25) is 0 Å². The molecule has 0 aromatic heterocycles. The second kappa shape index (κ2) is 24.8. The normalized spacial score (nSPS) is 13.3. The van der Waals surface area contributed by atoms with Crippen LogP contribution in [-0.2, 0) is 33.4 Å². The lowest BCUT2D eigenvalue weighted by Crippen LogP contribution is -2.55. The molecule has 0 aromatic carbocycles. The average molecular weight is 571 g/mol. The zero-order chi connectivity index (χ0) is 30.1. The van der Waals surface area contributed by atoms with Gasteiger partial charge in [0.1, 0.15) is 0 Å². The Morgan fingerprint density at radius 1 is 0.575 bits per heavy atom. The molecule has 0 fully saturated rings. The first-order chi connectivity index (χ1) is 19.3. The third-order valence-corrected chi connectivity index (χ3v) is 7.06. The van der Waals surface area contributed by atoms with Crippen molar-refractivity contribution in [3.05, 3.63) is 0 Å². The molecule has 0 aliphatic carbocycles. The van der Waals surface area contributed by atoms with Crippen molar-refractivity contribution < 1.29 is 38.5 Å². The molecule has 0 bridgehead atoms.